The number of para-hydroxylation sites is 1. The summed E-state index contributed by atoms with van der Waals surface area (Å²) < 4.78 is 1.51. The summed E-state index contributed by atoms with van der Waals surface area (Å²) in [7, 11) is 0. The molecule has 0 spiro atoms. The number of rotatable bonds is 7. The van der Waals surface area contributed by atoms with Crippen LogP contribution >= 0.6 is 11.3 Å². The number of anilines is 2. The van der Waals surface area contributed by atoms with Crippen LogP contribution in [0.5, 0.6) is 0 Å². The Balaban J connectivity index is 1.56. The van der Waals surface area contributed by atoms with Crippen LogP contribution < -0.4 is 21.9 Å². The highest BCUT2D eigenvalue weighted by Crippen LogP contribution is 2.38. The van der Waals surface area contributed by atoms with Crippen molar-refractivity contribution in [2.45, 2.75) is 26.4 Å². The van der Waals surface area contributed by atoms with Crippen molar-refractivity contribution in [2.24, 2.45) is 5.92 Å². The highest BCUT2D eigenvalue weighted by Gasteiger charge is 2.32. The lowest BCUT2D eigenvalue weighted by Gasteiger charge is -2.40. The lowest BCUT2D eigenvalue weighted by molar-refractivity contribution is 0.213. The molecule has 0 saturated carbocycles. The zero-order chi connectivity index (χ0) is 25.9. The quantitative estimate of drug-likeness (QED) is 0.381. The maximum Gasteiger partial charge on any atom is 0.329 e. The molecule has 0 bridgehead atoms. The Kier molecular flexibility index (Phi) is 7.30. The average molecular weight is 516 g/mol. The first-order valence-electron chi connectivity index (χ1n) is 12.7. The van der Waals surface area contributed by atoms with E-state index < -0.39 is 11.2 Å². The van der Waals surface area contributed by atoms with Gasteiger partial charge in [0, 0.05) is 48.2 Å². The fourth-order valence-electron chi connectivity index (χ4n) is 5.05. The minimum atomic E-state index is -0.455. The number of nitrogens with two attached hydrogens (primary N) is 1. The highest BCUT2D eigenvalue weighted by molar-refractivity contribution is 7.15. The number of hydrogen-bond acceptors (Lipinski definition) is 6. The molecule has 1 saturated heterocycles. The second-order valence-electron chi connectivity index (χ2n) is 9.89. The molecule has 3 N–H and O–H groups in total. The molecular formula is C29H33N5O2S. The van der Waals surface area contributed by atoms with Crippen LogP contribution in [0.4, 0.5) is 11.5 Å². The minimum absolute atomic E-state index is 0.207. The molecule has 192 valence electrons. The van der Waals surface area contributed by atoms with Gasteiger partial charge in [0.25, 0.3) is 5.56 Å². The SMILES string of the molecule is CC(C)Cn1c(N)c([C@H](c2ccc(-c3ccccc3)s2)N2CCN(c3ccccc3)CC2)c(=O)[nH]c1=O. The Morgan fingerprint density at radius 2 is 1.54 bits per heavy atom. The molecule has 2 aromatic carbocycles. The third-order valence-electron chi connectivity index (χ3n) is 6.85. The smallest absolute Gasteiger partial charge is 0.329 e. The molecule has 0 amide bonds. The summed E-state index contributed by atoms with van der Waals surface area (Å²) in [4.78, 5) is 35.4. The Bertz CT molecular complexity index is 1450. The molecule has 37 heavy (non-hydrogen) atoms. The van der Waals surface area contributed by atoms with Gasteiger partial charge in [0.05, 0.1) is 11.6 Å². The van der Waals surface area contributed by atoms with Crippen molar-refractivity contribution < 1.29 is 0 Å². The van der Waals surface area contributed by atoms with Gasteiger partial charge in [0.1, 0.15) is 5.82 Å². The molecule has 5 rings (SSSR count). The van der Waals surface area contributed by atoms with Gasteiger partial charge in [-0.2, -0.15) is 0 Å². The molecule has 1 aliphatic heterocycles. The molecule has 0 unspecified atom stereocenters. The molecule has 3 heterocycles. The van der Waals surface area contributed by atoms with Gasteiger partial charge < -0.3 is 10.6 Å². The number of aromatic nitrogens is 2. The van der Waals surface area contributed by atoms with Crippen molar-refractivity contribution in [1.29, 1.82) is 0 Å². The van der Waals surface area contributed by atoms with Crippen LogP contribution in [-0.4, -0.2) is 40.6 Å². The zero-order valence-corrected chi connectivity index (χ0v) is 22.1. The van der Waals surface area contributed by atoms with Gasteiger partial charge in [-0.3, -0.25) is 19.2 Å². The predicted octanol–water partition coefficient (Wildman–Crippen LogP) is 4.41. The van der Waals surface area contributed by atoms with E-state index >= 15 is 0 Å². The first-order chi connectivity index (χ1) is 17.9. The van der Waals surface area contributed by atoms with E-state index in [-0.39, 0.29) is 17.8 Å². The molecule has 7 nitrogen and oxygen atoms in total. The standard InChI is InChI=1S/C29H33N5O2S/c1-20(2)19-34-27(30)25(28(35)31-29(34)36)26(24-14-13-23(37-24)21-9-5-3-6-10-21)33-17-15-32(16-18-33)22-11-7-4-8-12-22/h3-14,20,26H,15-19,30H2,1-2H3,(H,31,35,36)/t26-/m0/s1. The molecule has 1 aliphatic rings. The molecule has 1 atom stereocenters. The van der Waals surface area contributed by atoms with E-state index in [1.54, 1.807) is 11.3 Å². The first kappa shape index (κ1) is 25.0. The summed E-state index contributed by atoms with van der Waals surface area (Å²) in [6.45, 7) is 7.70. The maximum absolute atomic E-state index is 13.3. The van der Waals surface area contributed by atoms with Crippen LogP contribution in [0.1, 0.15) is 30.3 Å². The molecule has 1 fully saturated rings. The molecule has 0 radical (unpaired) electrons. The second-order valence-corrected chi connectivity index (χ2v) is 11.0. The topological polar surface area (TPSA) is 87.4 Å². The normalized spacial score (nSPS) is 15.3. The van der Waals surface area contributed by atoms with Crippen LogP contribution in [0.2, 0.25) is 0 Å². The molecular weight excluding hydrogens is 482 g/mol. The lowest BCUT2D eigenvalue weighted by Crippen LogP contribution is -2.49. The van der Waals surface area contributed by atoms with E-state index in [1.807, 2.05) is 38.1 Å². The van der Waals surface area contributed by atoms with Gasteiger partial charge in [0.15, 0.2) is 0 Å². The molecule has 8 heteroatoms. The largest absolute Gasteiger partial charge is 0.385 e. The van der Waals surface area contributed by atoms with E-state index in [0.29, 0.717) is 12.1 Å². The third-order valence-corrected chi connectivity index (χ3v) is 8.04. The number of nitrogens with zero attached hydrogens (tertiary/aromatic N) is 3. The summed E-state index contributed by atoms with van der Waals surface area (Å²) in [6.07, 6.45) is 0. The van der Waals surface area contributed by atoms with E-state index in [0.717, 1.165) is 41.5 Å². The minimum Gasteiger partial charge on any atom is -0.385 e. The lowest BCUT2D eigenvalue weighted by atomic mass is 10.0. The third kappa shape index (κ3) is 5.26. The number of nitrogen functional groups attached to an aromatic ring is 1. The first-order valence-corrected chi connectivity index (χ1v) is 13.6. The Morgan fingerprint density at radius 1 is 0.892 bits per heavy atom. The molecule has 2 aromatic heterocycles. The van der Waals surface area contributed by atoms with Crippen LogP contribution in [0.25, 0.3) is 10.4 Å². The number of piperazine rings is 1. The highest BCUT2D eigenvalue weighted by atomic mass is 32.1. The van der Waals surface area contributed by atoms with Crippen LogP contribution in [0, 0.1) is 5.92 Å². The van der Waals surface area contributed by atoms with Crippen molar-refractivity contribution in [1.82, 2.24) is 14.5 Å². The van der Waals surface area contributed by atoms with Crippen LogP contribution in [-0.2, 0) is 6.54 Å². The Morgan fingerprint density at radius 3 is 2.19 bits per heavy atom. The van der Waals surface area contributed by atoms with Gasteiger partial charge >= 0.3 is 5.69 Å². The summed E-state index contributed by atoms with van der Waals surface area (Å²) in [5, 5.41) is 0. The number of H-pyrrole nitrogens is 1. The zero-order valence-electron chi connectivity index (χ0n) is 21.3. The van der Waals surface area contributed by atoms with E-state index in [9.17, 15) is 9.59 Å². The van der Waals surface area contributed by atoms with E-state index in [1.165, 1.54) is 10.3 Å². The number of nitrogens with one attached hydrogen (secondary N) is 1. The van der Waals surface area contributed by atoms with Crippen LogP contribution in [0.3, 0.4) is 0 Å². The number of aromatic amines is 1. The van der Waals surface area contributed by atoms with Gasteiger partial charge in [-0.05, 0) is 35.7 Å². The molecule has 0 aliphatic carbocycles. The number of thiophene rings is 1. The summed E-state index contributed by atoms with van der Waals surface area (Å²) in [5.74, 6) is 0.464. The average Bonchev–Trinajstić information content (AvgIpc) is 3.40. The molecule has 4 aromatic rings. The number of benzene rings is 2. The second kappa shape index (κ2) is 10.8. The van der Waals surface area contributed by atoms with Crippen LogP contribution in [0.15, 0.2) is 82.4 Å². The van der Waals surface area contributed by atoms with Crippen molar-refractivity contribution in [3.05, 3.63) is 104 Å². The summed E-state index contributed by atoms with van der Waals surface area (Å²) >= 11 is 1.67. The van der Waals surface area contributed by atoms with Crippen molar-refractivity contribution in [2.75, 3.05) is 36.8 Å². The van der Waals surface area contributed by atoms with Crippen molar-refractivity contribution in [3.63, 3.8) is 0 Å². The Labute approximate surface area is 220 Å². The Hall–Kier alpha value is -3.62. The monoisotopic (exact) mass is 515 g/mol. The summed E-state index contributed by atoms with van der Waals surface area (Å²) in [6, 6.07) is 24.5. The van der Waals surface area contributed by atoms with E-state index in [4.69, 9.17) is 5.73 Å². The van der Waals surface area contributed by atoms with Gasteiger partial charge in [-0.25, -0.2) is 4.79 Å². The van der Waals surface area contributed by atoms with Crippen molar-refractivity contribution >= 4 is 22.8 Å². The summed E-state index contributed by atoms with van der Waals surface area (Å²) in [5.41, 5.74) is 8.55. The van der Waals surface area contributed by atoms with Gasteiger partial charge in [-0.1, -0.05) is 62.4 Å². The maximum atomic E-state index is 13.3. The number of hydrogen-bond donors (Lipinski definition) is 2. The van der Waals surface area contributed by atoms with E-state index in [2.05, 4.69) is 63.3 Å². The van der Waals surface area contributed by atoms with Crippen molar-refractivity contribution in [3.8, 4) is 10.4 Å². The van der Waals surface area contributed by atoms with Gasteiger partial charge in [-0.15, -0.1) is 11.3 Å². The predicted molar refractivity (Wildman–Crippen MR) is 152 cm³/mol. The van der Waals surface area contributed by atoms with Gasteiger partial charge in [0.2, 0.25) is 0 Å². The fraction of sp³-hybridized carbons (Fsp3) is 0.310. The fourth-order valence-corrected chi connectivity index (χ4v) is 6.21.